The normalized spacial score (nSPS) is 9.69. The van der Waals surface area contributed by atoms with Gasteiger partial charge in [-0.1, -0.05) is 0 Å². The number of hydrogen-bond acceptors (Lipinski definition) is 3. The van der Waals surface area contributed by atoms with Crippen LogP contribution in [0.3, 0.4) is 0 Å². The molecule has 1 rings (SSSR count). The van der Waals surface area contributed by atoms with Crippen LogP contribution >= 0.6 is 11.3 Å². The Labute approximate surface area is 79.2 Å². The molecule has 0 bridgehead atoms. The van der Waals surface area contributed by atoms with Crippen molar-refractivity contribution in [2.24, 2.45) is 0 Å². The summed E-state index contributed by atoms with van der Waals surface area (Å²) < 4.78 is 0. The third-order valence-corrected chi connectivity index (χ3v) is 2.34. The molecule has 0 aliphatic heterocycles. The average Bonchev–Trinajstić information content (AvgIpc) is 2.29. The van der Waals surface area contributed by atoms with Crippen LogP contribution in [0, 0.1) is 6.92 Å². The van der Waals surface area contributed by atoms with E-state index in [9.17, 15) is 9.59 Å². The minimum Gasteiger partial charge on any atom is -0.478 e. The molecule has 70 valence electrons. The van der Waals surface area contributed by atoms with Crippen LogP contribution < -0.4 is 5.32 Å². The van der Waals surface area contributed by atoms with E-state index in [0.29, 0.717) is 5.00 Å². The molecule has 0 saturated heterocycles. The number of nitrogens with one attached hydrogen (secondary N) is 1. The predicted octanol–water partition coefficient (Wildman–Crippen LogP) is 1.71. The molecule has 1 aromatic heterocycles. The zero-order chi connectivity index (χ0) is 10.0. The number of amides is 1. The van der Waals surface area contributed by atoms with Gasteiger partial charge in [-0.05, 0) is 13.0 Å². The van der Waals surface area contributed by atoms with Crippen molar-refractivity contribution in [3.05, 3.63) is 16.5 Å². The van der Waals surface area contributed by atoms with Gasteiger partial charge < -0.3 is 10.4 Å². The fraction of sp³-hybridized carbons (Fsp3) is 0.250. The summed E-state index contributed by atoms with van der Waals surface area (Å²) in [6.45, 7) is 3.14. The van der Waals surface area contributed by atoms with E-state index in [-0.39, 0.29) is 11.5 Å². The minimum atomic E-state index is -1.02. The van der Waals surface area contributed by atoms with E-state index in [0.717, 1.165) is 4.88 Å². The highest BCUT2D eigenvalue weighted by Gasteiger charge is 2.13. The van der Waals surface area contributed by atoms with Crippen molar-refractivity contribution in [3.8, 4) is 0 Å². The summed E-state index contributed by atoms with van der Waals surface area (Å²) in [6, 6.07) is 1.54. The number of thiophene rings is 1. The van der Waals surface area contributed by atoms with Crippen LogP contribution in [0.2, 0.25) is 0 Å². The number of aryl methyl sites for hydroxylation is 1. The molecule has 0 radical (unpaired) electrons. The summed E-state index contributed by atoms with van der Waals surface area (Å²) in [4.78, 5) is 22.2. The quantitative estimate of drug-likeness (QED) is 0.762. The number of anilines is 1. The third-order valence-electron chi connectivity index (χ3n) is 1.38. The molecular weight excluding hydrogens is 190 g/mol. The Bertz CT molecular complexity index is 356. The standard InChI is InChI=1S/C8H9NO3S/c1-4-3-6(8(11)12)7(13-4)9-5(2)10/h3H,1-2H3,(H,9,10)(H,11,12). The van der Waals surface area contributed by atoms with Crippen LogP contribution in [-0.2, 0) is 4.79 Å². The Balaban J connectivity index is 3.04. The van der Waals surface area contributed by atoms with Crippen LogP contribution in [0.1, 0.15) is 22.2 Å². The monoisotopic (exact) mass is 199 g/mol. The first kappa shape index (κ1) is 9.73. The van der Waals surface area contributed by atoms with Gasteiger partial charge >= 0.3 is 5.97 Å². The second-order valence-corrected chi connectivity index (χ2v) is 3.84. The van der Waals surface area contributed by atoms with Crippen molar-refractivity contribution in [1.29, 1.82) is 0 Å². The number of aromatic carboxylic acids is 1. The van der Waals surface area contributed by atoms with Gasteiger partial charge in [0.15, 0.2) is 0 Å². The molecule has 4 nitrogen and oxygen atoms in total. The first-order chi connectivity index (χ1) is 6.00. The average molecular weight is 199 g/mol. The SMILES string of the molecule is CC(=O)Nc1sc(C)cc1C(=O)O. The van der Waals surface area contributed by atoms with Gasteiger partial charge in [0.25, 0.3) is 0 Å². The summed E-state index contributed by atoms with van der Waals surface area (Å²) in [5, 5.41) is 11.6. The molecular formula is C8H9NO3S. The zero-order valence-electron chi connectivity index (χ0n) is 7.25. The highest BCUT2D eigenvalue weighted by molar-refractivity contribution is 7.16. The molecule has 0 saturated carbocycles. The maximum Gasteiger partial charge on any atom is 0.338 e. The van der Waals surface area contributed by atoms with Crippen LogP contribution in [0.4, 0.5) is 5.00 Å². The van der Waals surface area contributed by atoms with E-state index in [1.54, 1.807) is 6.92 Å². The second-order valence-electron chi connectivity index (χ2n) is 2.59. The summed E-state index contributed by atoms with van der Waals surface area (Å²) in [5.41, 5.74) is 0.151. The maximum absolute atomic E-state index is 10.7. The molecule has 0 fully saturated rings. The van der Waals surface area contributed by atoms with Crippen LogP contribution in [0.15, 0.2) is 6.07 Å². The smallest absolute Gasteiger partial charge is 0.338 e. The first-order valence-electron chi connectivity index (χ1n) is 3.62. The molecule has 0 aromatic carbocycles. The molecule has 1 aromatic rings. The number of carboxylic acids is 1. The minimum absolute atomic E-state index is 0.151. The molecule has 0 spiro atoms. The van der Waals surface area contributed by atoms with Gasteiger partial charge in [0.1, 0.15) is 5.00 Å². The number of rotatable bonds is 2. The maximum atomic E-state index is 10.7. The lowest BCUT2D eigenvalue weighted by atomic mass is 10.3. The Morgan fingerprint density at radius 2 is 2.15 bits per heavy atom. The van der Waals surface area contributed by atoms with Gasteiger partial charge in [-0.15, -0.1) is 11.3 Å². The topological polar surface area (TPSA) is 66.4 Å². The van der Waals surface area contributed by atoms with Gasteiger partial charge in [0.05, 0.1) is 5.56 Å². The van der Waals surface area contributed by atoms with E-state index < -0.39 is 5.97 Å². The number of carbonyl (C=O) groups is 2. The highest BCUT2D eigenvalue weighted by atomic mass is 32.1. The van der Waals surface area contributed by atoms with Crippen LogP contribution in [0.25, 0.3) is 0 Å². The van der Waals surface area contributed by atoms with Crippen molar-refractivity contribution >= 4 is 28.2 Å². The number of carboxylic acid groups (broad SMARTS) is 1. The molecule has 0 aliphatic rings. The molecule has 1 amide bonds. The van der Waals surface area contributed by atoms with Crippen molar-refractivity contribution in [3.63, 3.8) is 0 Å². The molecule has 13 heavy (non-hydrogen) atoms. The lowest BCUT2D eigenvalue weighted by Crippen LogP contribution is -2.07. The fourth-order valence-electron chi connectivity index (χ4n) is 0.926. The Hall–Kier alpha value is -1.36. The summed E-state index contributed by atoms with van der Waals surface area (Å²) in [6.07, 6.45) is 0. The van der Waals surface area contributed by atoms with Gasteiger partial charge in [-0.3, -0.25) is 4.79 Å². The van der Waals surface area contributed by atoms with Crippen molar-refractivity contribution in [1.82, 2.24) is 0 Å². The van der Waals surface area contributed by atoms with Crippen molar-refractivity contribution < 1.29 is 14.7 Å². The van der Waals surface area contributed by atoms with Gasteiger partial charge in [-0.2, -0.15) is 0 Å². The van der Waals surface area contributed by atoms with Crippen molar-refractivity contribution in [2.45, 2.75) is 13.8 Å². The van der Waals surface area contributed by atoms with Crippen LogP contribution in [-0.4, -0.2) is 17.0 Å². The fourth-order valence-corrected chi connectivity index (χ4v) is 1.88. The number of hydrogen-bond donors (Lipinski definition) is 2. The highest BCUT2D eigenvalue weighted by Crippen LogP contribution is 2.27. The number of carbonyl (C=O) groups excluding carboxylic acids is 1. The van der Waals surface area contributed by atoms with E-state index in [1.165, 1.54) is 24.3 Å². The van der Waals surface area contributed by atoms with Crippen molar-refractivity contribution in [2.75, 3.05) is 5.32 Å². The van der Waals surface area contributed by atoms with E-state index >= 15 is 0 Å². The summed E-state index contributed by atoms with van der Waals surface area (Å²) in [7, 11) is 0. The molecule has 0 aliphatic carbocycles. The van der Waals surface area contributed by atoms with Gasteiger partial charge in [0.2, 0.25) is 5.91 Å². The molecule has 1 heterocycles. The van der Waals surface area contributed by atoms with E-state index in [1.807, 2.05) is 0 Å². The molecule has 0 unspecified atom stereocenters. The molecule has 2 N–H and O–H groups in total. The lowest BCUT2D eigenvalue weighted by molar-refractivity contribution is -0.114. The first-order valence-corrected chi connectivity index (χ1v) is 4.43. The lowest BCUT2D eigenvalue weighted by Gasteiger charge is -1.98. The zero-order valence-corrected chi connectivity index (χ0v) is 8.07. The summed E-state index contributed by atoms with van der Waals surface area (Å²) >= 11 is 1.26. The molecule has 0 atom stereocenters. The predicted molar refractivity (Wildman–Crippen MR) is 50.3 cm³/mol. The van der Waals surface area contributed by atoms with Gasteiger partial charge in [0, 0.05) is 11.8 Å². The second kappa shape index (κ2) is 3.57. The Kier molecular flexibility index (Phi) is 2.67. The third kappa shape index (κ3) is 2.29. The van der Waals surface area contributed by atoms with E-state index in [2.05, 4.69) is 5.32 Å². The van der Waals surface area contributed by atoms with Gasteiger partial charge in [-0.25, -0.2) is 4.79 Å². The summed E-state index contributed by atoms with van der Waals surface area (Å²) in [5.74, 6) is -1.28. The Morgan fingerprint density at radius 3 is 2.62 bits per heavy atom. The largest absolute Gasteiger partial charge is 0.478 e. The van der Waals surface area contributed by atoms with Crippen LogP contribution in [0.5, 0.6) is 0 Å². The van der Waals surface area contributed by atoms with E-state index in [4.69, 9.17) is 5.11 Å². The molecule has 5 heteroatoms. The Morgan fingerprint density at radius 1 is 1.54 bits per heavy atom.